The first kappa shape index (κ1) is 14.8. The summed E-state index contributed by atoms with van der Waals surface area (Å²) in [7, 11) is 2.19. The van der Waals surface area contributed by atoms with E-state index in [0.29, 0.717) is 5.91 Å². The second kappa shape index (κ2) is 7.25. The quantitative estimate of drug-likeness (QED) is 0.838. The van der Waals surface area contributed by atoms with Gasteiger partial charge in [0.1, 0.15) is 0 Å². The molecule has 0 aliphatic carbocycles. The summed E-state index contributed by atoms with van der Waals surface area (Å²) in [6.45, 7) is 4.13. The normalized spacial score (nSPS) is 26.6. The van der Waals surface area contributed by atoms with Crippen molar-refractivity contribution in [2.45, 2.75) is 51.0 Å². The smallest absolute Gasteiger partial charge is 0.222 e. The van der Waals surface area contributed by atoms with Crippen LogP contribution in [0.15, 0.2) is 0 Å². The lowest BCUT2D eigenvalue weighted by Gasteiger charge is -2.31. The highest BCUT2D eigenvalue weighted by Gasteiger charge is 2.21. The van der Waals surface area contributed by atoms with Crippen molar-refractivity contribution in [3.63, 3.8) is 0 Å². The van der Waals surface area contributed by atoms with E-state index in [4.69, 9.17) is 5.73 Å². The lowest BCUT2D eigenvalue weighted by Crippen LogP contribution is -2.45. The first-order chi connectivity index (χ1) is 9.15. The number of hydrogen-bond donors (Lipinski definition) is 1. The monoisotopic (exact) mass is 267 g/mol. The zero-order chi connectivity index (χ0) is 13.7. The number of piperidine rings is 2. The Balaban J connectivity index is 1.61. The van der Waals surface area contributed by atoms with Crippen molar-refractivity contribution in [3.8, 4) is 0 Å². The predicted molar refractivity (Wildman–Crippen MR) is 77.9 cm³/mol. The minimum Gasteiger partial charge on any atom is -0.341 e. The van der Waals surface area contributed by atoms with Gasteiger partial charge in [-0.1, -0.05) is 0 Å². The van der Waals surface area contributed by atoms with Gasteiger partial charge in [0.25, 0.3) is 0 Å². The summed E-state index contributed by atoms with van der Waals surface area (Å²) in [5.41, 5.74) is 5.92. The molecular formula is C15H29N3O. The SMILES string of the molecule is CN1CCC(CCCC(=O)N2CCCC(N)C2)CC1. The Kier molecular flexibility index (Phi) is 5.64. The van der Waals surface area contributed by atoms with Gasteiger partial charge in [0, 0.05) is 25.6 Å². The van der Waals surface area contributed by atoms with E-state index in [0.717, 1.165) is 44.7 Å². The topological polar surface area (TPSA) is 49.6 Å². The molecule has 19 heavy (non-hydrogen) atoms. The largest absolute Gasteiger partial charge is 0.341 e. The molecule has 1 amide bonds. The molecule has 1 atom stereocenters. The first-order valence-electron chi connectivity index (χ1n) is 7.87. The maximum atomic E-state index is 12.1. The zero-order valence-corrected chi connectivity index (χ0v) is 12.3. The molecule has 2 fully saturated rings. The third kappa shape index (κ3) is 4.77. The van der Waals surface area contributed by atoms with Crippen LogP contribution in [0, 0.1) is 5.92 Å². The summed E-state index contributed by atoms with van der Waals surface area (Å²) in [6, 6.07) is 0.201. The van der Waals surface area contributed by atoms with Crippen LogP contribution >= 0.6 is 0 Å². The molecule has 2 aliphatic heterocycles. The van der Waals surface area contributed by atoms with Crippen LogP contribution in [0.25, 0.3) is 0 Å². The number of rotatable bonds is 4. The number of nitrogens with two attached hydrogens (primary N) is 1. The van der Waals surface area contributed by atoms with Crippen molar-refractivity contribution in [2.75, 3.05) is 33.2 Å². The fourth-order valence-corrected chi connectivity index (χ4v) is 3.29. The van der Waals surface area contributed by atoms with Gasteiger partial charge in [-0.15, -0.1) is 0 Å². The molecule has 2 aliphatic rings. The van der Waals surface area contributed by atoms with Crippen LogP contribution in [0.2, 0.25) is 0 Å². The van der Waals surface area contributed by atoms with Crippen molar-refractivity contribution < 1.29 is 4.79 Å². The highest BCUT2D eigenvalue weighted by atomic mass is 16.2. The van der Waals surface area contributed by atoms with E-state index in [-0.39, 0.29) is 6.04 Å². The van der Waals surface area contributed by atoms with Gasteiger partial charge in [0.15, 0.2) is 0 Å². The summed E-state index contributed by atoms with van der Waals surface area (Å²) < 4.78 is 0. The molecular weight excluding hydrogens is 238 g/mol. The minimum absolute atomic E-state index is 0.201. The highest BCUT2D eigenvalue weighted by Crippen LogP contribution is 2.22. The molecule has 4 nitrogen and oxygen atoms in total. The second-order valence-electron chi connectivity index (χ2n) is 6.38. The number of amides is 1. The van der Waals surface area contributed by atoms with E-state index in [2.05, 4.69) is 11.9 Å². The zero-order valence-electron chi connectivity index (χ0n) is 12.3. The van der Waals surface area contributed by atoms with Crippen molar-refractivity contribution in [1.29, 1.82) is 0 Å². The summed E-state index contributed by atoms with van der Waals surface area (Å²) in [6.07, 6.45) is 7.75. The molecule has 0 spiro atoms. The third-order valence-corrected chi connectivity index (χ3v) is 4.65. The molecule has 110 valence electrons. The molecule has 2 saturated heterocycles. The summed E-state index contributed by atoms with van der Waals surface area (Å²) in [4.78, 5) is 16.5. The second-order valence-corrected chi connectivity index (χ2v) is 6.38. The van der Waals surface area contributed by atoms with Gasteiger partial charge in [-0.3, -0.25) is 4.79 Å². The van der Waals surface area contributed by atoms with Crippen molar-refractivity contribution in [2.24, 2.45) is 11.7 Å². The Morgan fingerprint density at radius 2 is 1.95 bits per heavy atom. The Labute approximate surface area is 117 Å². The first-order valence-corrected chi connectivity index (χ1v) is 7.87. The Hall–Kier alpha value is -0.610. The molecule has 0 aromatic carbocycles. The van der Waals surface area contributed by atoms with Crippen LogP contribution in [0.4, 0.5) is 0 Å². The highest BCUT2D eigenvalue weighted by molar-refractivity contribution is 5.76. The van der Waals surface area contributed by atoms with Crippen LogP contribution in [0.5, 0.6) is 0 Å². The van der Waals surface area contributed by atoms with Gasteiger partial charge in [0.2, 0.25) is 5.91 Å². The van der Waals surface area contributed by atoms with Crippen LogP contribution in [0.1, 0.15) is 44.9 Å². The van der Waals surface area contributed by atoms with Crippen molar-refractivity contribution in [3.05, 3.63) is 0 Å². The number of carbonyl (C=O) groups is 1. The lowest BCUT2D eigenvalue weighted by atomic mass is 9.91. The maximum absolute atomic E-state index is 12.1. The standard InChI is InChI=1S/C15H29N3O/c1-17-10-7-13(8-11-17)4-2-6-15(19)18-9-3-5-14(16)12-18/h13-14H,2-12,16H2,1H3. The summed E-state index contributed by atoms with van der Waals surface area (Å²) in [5, 5.41) is 0. The number of hydrogen-bond acceptors (Lipinski definition) is 3. The molecule has 1 unspecified atom stereocenters. The van der Waals surface area contributed by atoms with Crippen molar-refractivity contribution >= 4 is 5.91 Å². The van der Waals surface area contributed by atoms with Crippen LogP contribution < -0.4 is 5.73 Å². The van der Waals surface area contributed by atoms with E-state index < -0.39 is 0 Å². The van der Waals surface area contributed by atoms with E-state index in [9.17, 15) is 4.79 Å². The van der Waals surface area contributed by atoms with Gasteiger partial charge in [-0.05, 0) is 64.6 Å². The lowest BCUT2D eigenvalue weighted by molar-refractivity contribution is -0.132. The fraction of sp³-hybridized carbons (Fsp3) is 0.933. The number of carbonyl (C=O) groups excluding carboxylic acids is 1. The molecule has 0 aromatic heterocycles. The van der Waals surface area contributed by atoms with Gasteiger partial charge < -0.3 is 15.5 Å². The molecule has 4 heteroatoms. The molecule has 0 saturated carbocycles. The molecule has 0 radical (unpaired) electrons. The van der Waals surface area contributed by atoms with Crippen LogP contribution in [0.3, 0.4) is 0 Å². The Bertz CT molecular complexity index is 287. The summed E-state index contributed by atoms with van der Waals surface area (Å²) >= 11 is 0. The number of nitrogens with zero attached hydrogens (tertiary/aromatic N) is 2. The van der Waals surface area contributed by atoms with Crippen LogP contribution in [-0.2, 0) is 4.79 Å². The van der Waals surface area contributed by atoms with E-state index in [1.807, 2.05) is 4.90 Å². The minimum atomic E-state index is 0.201. The van der Waals surface area contributed by atoms with E-state index in [1.54, 1.807) is 0 Å². The van der Waals surface area contributed by atoms with E-state index in [1.165, 1.54) is 32.4 Å². The molecule has 2 rings (SSSR count). The molecule has 2 heterocycles. The molecule has 2 N–H and O–H groups in total. The summed E-state index contributed by atoms with van der Waals surface area (Å²) in [5.74, 6) is 1.16. The fourth-order valence-electron chi connectivity index (χ4n) is 3.29. The molecule has 0 aromatic rings. The predicted octanol–water partition coefficient (Wildman–Crippen LogP) is 1.45. The Morgan fingerprint density at radius 3 is 2.63 bits per heavy atom. The average Bonchev–Trinajstić information content (AvgIpc) is 2.41. The van der Waals surface area contributed by atoms with Gasteiger partial charge >= 0.3 is 0 Å². The Morgan fingerprint density at radius 1 is 1.21 bits per heavy atom. The van der Waals surface area contributed by atoms with Crippen molar-refractivity contribution in [1.82, 2.24) is 9.80 Å². The maximum Gasteiger partial charge on any atom is 0.222 e. The van der Waals surface area contributed by atoms with Gasteiger partial charge in [-0.25, -0.2) is 0 Å². The number of likely N-dealkylation sites (tertiary alicyclic amines) is 2. The molecule has 0 bridgehead atoms. The average molecular weight is 267 g/mol. The van der Waals surface area contributed by atoms with Gasteiger partial charge in [-0.2, -0.15) is 0 Å². The van der Waals surface area contributed by atoms with Crippen LogP contribution in [-0.4, -0.2) is 55.0 Å². The van der Waals surface area contributed by atoms with E-state index >= 15 is 0 Å². The third-order valence-electron chi connectivity index (χ3n) is 4.65. The van der Waals surface area contributed by atoms with Gasteiger partial charge in [0.05, 0.1) is 0 Å².